The minimum atomic E-state index is -0.829. The molecule has 0 spiro atoms. The summed E-state index contributed by atoms with van der Waals surface area (Å²) in [5.41, 5.74) is 5.41. The van der Waals surface area contributed by atoms with Crippen molar-refractivity contribution in [3.8, 4) is 0 Å². The molecule has 3 N–H and O–H groups in total. The molecular formula is C21H22N4O3. The second-order valence-corrected chi connectivity index (χ2v) is 6.68. The fourth-order valence-electron chi connectivity index (χ4n) is 3.23. The second kappa shape index (κ2) is 8.47. The average Bonchev–Trinajstić information content (AvgIpc) is 3.08. The van der Waals surface area contributed by atoms with Gasteiger partial charge < -0.3 is 10.6 Å². The maximum Gasteiger partial charge on any atom is 0.253 e. The van der Waals surface area contributed by atoms with E-state index in [1.54, 1.807) is 25.1 Å². The van der Waals surface area contributed by atoms with Crippen LogP contribution in [0.25, 0.3) is 0 Å². The quantitative estimate of drug-likeness (QED) is 0.422. The van der Waals surface area contributed by atoms with E-state index in [0.29, 0.717) is 17.9 Å². The monoisotopic (exact) mass is 378 g/mol. The SMILES string of the molecule is CC(=O)Nc1cccc(/C(C)=N\NC(=O)C2C(=O)NCC2c2ccccc2)c1. The Balaban J connectivity index is 1.73. The third kappa shape index (κ3) is 4.43. The molecule has 2 aromatic carbocycles. The summed E-state index contributed by atoms with van der Waals surface area (Å²) in [6.07, 6.45) is 0. The summed E-state index contributed by atoms with van der Waals surface area (Å²) in [4.78, 5) is 36.1. The van der Waals surface area contributed by atoms with Crippen LogP contribution >= 0.6 is 0 Å². The van der Waals surface area contributed by atoms with Crippen molar-refractivity contribution in [3.63, 3.8) is 0 Å². The third-order valence-electron chi connectivity index (χ3n) is 4.63. The van der Waals surface area contributed by atoms with E-state index in [1.807, 2.05) is 36.4 Å². The third-order valence-corrected chi connectivity index (χ3v) is 4.63. The number of nitrogens with zero attached hydrogens (tertiary/aromatic N) is 1. The van der Waals surface area contributed by atoms with Gasteiger partial charge in [-0.25, -0.2) is 5.43 Å². The number of hydrogen-bond acceptors (Lipinski definition) is 4. The standard InChI is InChI=1S/C21H22N4O3/c1-13(16-9-6-10-17(11-16)23-14(2)26)24-25-21(28)19-18(12-22-20(19)27)15-7-4-3-5-8-15/h3-11,18-19H,12H2,1-2H3,(H,22,27)(H,23,26)(H,25,28)/b24-13-. The minimum absolute atomic E-state index is 0.167. The van der Waals surface area contributed by atoms with E-state index in [2.05, 4.69) is 21.2 Å². The Kier molecular flexibility index (Phi) is 5.84. The molecule has 144 valence electrons. The van der Waals surface area contributed by atoms with Crippen LogP contribution in [0.3, 0.4) is 0 Å². The molecule has 2 aromatic rings. The Bertz CT molecular complexity index is 924. The Hall–Kier alpha value is -3.48. The molecule has 7 nitrogen and oxygen atoms in total. The average molecular weight is 378 g/mol. The number of carbonyl (C=O) groups excluding carboxylic acids is 3. The highest BCUT2D eigenvalue weighted by Crippen LogP contribution is 2.29. The zero-order chi connectivity index (χ0) is 20.1. The van der Waals surface area contributed by atoms with Crippen LogP contribution in [0.1, 0.15) is 30.9 Å². The first kappa shape index (κ1) is 19.3. The van der Waals surface area contributed by atoms with Crippen LogP contribution in [0.15, 0.2) is 59.7 Å². The molecule has 1 aliphatic rings. The predicted molar refractivity (Wildman–Crippen MR) is 107 cm³/mol. The zero-order valence-electron chi connectivity index (χ0n) is 15.7. The molecule has 1 heterocycles. The van der Waals surface area contributed by atoms with Crippen LogP contribution in [-0.2, 0) is 14.4 Å². The highest BCUT2D eigenvalue weighted by Gasteiger charge is 2.40. The lowest BCUT2D eigenvalue weighted by Gasteiger charge is -2.15. The van der Waals surface area contributed by atoms with Gasteiger partial charge in [0.1, 0.15) is 5.92 Å². The molecule has 7 heteroatoms. The molecule has 2 atom stereocenters. The molecule has 2 unspecified atom stereocenters. The van der Waals surface area contributed by atoms with Crippen molar-refractivity contribution in [2.45, 2.75) is 19.8 Å². The van der Waals surface area contributed by atoms with E-state index in [-0.39, 0.29) is 17.7 Å². The largest absolute Gasteiger partial charge is 0.355 e. The van der Waals surface area contributed by atoms with Gasteiger partial charge in [0.2, 0.25) is 11.8 Å². The first-order valence-electron chi connectivity index (χ1n) is 9.00. The van der Waals surface area contributed by atoms with Gasteiger partial charge in [0.25, 0.3) is 5.91 Å². The fraction of sp³-hybridized carbons (Fsp3) is 0.238. The lowest BCUT2D eigenvalue weighted by molar-refractivity contribution is -0.133. The molecule has 28 heavy (non-hydrogen) atoms. The van der Waals surface area contributed by atoms with Gasteiger partial charge in [0.05, 0.1) is 5.71 Å². The number of carbonyl (C=O) groups is 3. The van der Waals surface area contributed by atoms with E-state index in [0.717, 1.165) is 11.1 Å². The number of hydrogen-bond donors (Lipinski definition) is 3. The second-order valence-electron chi connectivity index (χ2n) is 6.68. The number of anilines is 1. The normalized spacial score (nSPS) is 19.1. The molecule has 1 aliphatic heterocycles. The van der Waals surface area contributed by atoms with Crippen LogP contribution in [0.2, 0.25) is 0 Å². The molecule has 1 fully saturated rings. The van der Waals surface area contributed by atoms with E-state index in [4.69, 9.17) is 0 Å². The van der Waals surface area contributed by atoms with Crippen LogP contribution in [0.5, 0.6) is 0 Å². The van der Waals surface area contributed by atoms with Gasteiger partial charge in [0.15, 0.2) is 0 Å². The summed E-state index contributed by atoms with van der Waals surface area (Å²) >= 11 is 0. The molecule has 3 amide bonds. The molecule has 0 saturated carbocycles. The van der Waals surface area contributed by atoms with Crippen LogP contribution in [0.4, 0.5) is 5.69 Å². The van der Waals surface area contributed by atoms with Crippen molar-refractivity contribution < 1.29 is 14.4 Å². The Morgan fingerprint density at radius 1 is 1.07 bits per heavy atom. The maximum atomic E-state index is 12.7. The highest BCUT2D eigenvalue weighted by molar-refractivity contribution is 6.04. The molecule has 0 radical (unpaired) electrons. The summed E-state index contributed by atoms with van der Waals surface area (Å²) in [6.45, 7) is 3.60. The first-order valence-corrected chi connectivity index (χ1v) is 9.00. The van der Waals surface area contributed by atoms with Crippen molar-refractivity contribution in [1.29, 1.82) is 0 Å². The lowest BCUT2D eigenvalue weighted by Crippen LogP contribution is -2.35. The predicted octanol–water partition coefficient (Wildman–Crippen LogP) is 2.01. The summed E-state index contributed by atoms with van der Waals surface area (Å²) in [6, 6.07) is 16.6. The van der Waals surface area contributed by atoms with Crippen LogP contribution in [-0.4, -0.2) is 30.0 Å². The van der Waals surface area contributed by atoms with Gasteiger partial charge >= 0.3 is 0 Å². The van der Waals surface area contributed by atoms with Crippen LogP contribution < -0.4 is 16.1 Å². The van der Waals surface area contributed by atoms with Gasteiger partial charge in [-0.05, 0) is 30.2 Å². The molecule has 3 rings (SSSR count). The summed E-state index contributed by atoms with van der Waals surface area (Å²) in [5, 5.41) is 9.61. The molecule has 0 bridgehead atoms. The van der Waals surface area contributed by atoms with Crippen molar-refractivity contribution in [1.82, 2.24) is 10.7 Å². The Morgan fingerprint density at radius 3 is 2.54 bits per heavy atom. The summed E-state index contributed by atoms with van der Waals surface area (Å²) < 4.78 is 0. The Labute approximate surface area is 163 Å². The Morgan fingerprint density at radius 2 is 1.82 bits per heavy atom. The van der Waals surface area contributed by atoms with Crippen molar-refractivity contribution >= 4 is 29.1 Å². The number of amides is 3. The maximum absolute atomic E-state index is 12.7. The molecule has 0 aromatic heterocycles. The van der Waals surface area contributed by atoms with Gasteiger partial charge in [-0.1, -0.05) is 42.5 Å². The summed E-state index contributed by atoms with van der Waals surface area (Å²) in [7, 11) is 0. The van der Waals surface area contributed by atoms with Gasteiger partial charge in [-0.2, -0.15) is 5.10 Å². The van der Waals surface area contributed by atoms with E-state index < -0.39 is 11.8 Å². The lowest BCUT2D eigenvalue weighted by atomic mass is 9.88. The fourth-order valence-corrected chi connectivity index (χ4v) is 3.23. The molecule has 1 saturated heterocycles. The zero-order valence-corrected chi connectivity index (χ0v) is 15.7. The highest BCUT2D eigenvalue weighted by atomic mass is 16.2. The van der Waals surface area contributed by atoms with Gasteiger partial charge in [-0.15, -0.1) is 0 Å². The number of rotatable bonds is 5. The number of nitrogens with one attached hydrogen (secondary N) is 3. The van der Waals surface area contributed by atoms with Crippen molar-refractivity contribution in [2.75, 3.05) is 11.9 Å². The minimum Gasteiger partial charge on any atom is -0.355 e. The van der Waals surface area contributed by atoms with Gasteiger partial charge in [-0.3, -0.25) is 14.4 Å². The first-order chi connectivity index (χ1) is 13.5. The number of hydrazone groups is 1. The van der Waals surface area contributed by atoms with E-state index >= 15 is 0 Å². The topological polar surface area (TPSA) is 99.7 Å². The van der Waals surface area contributed by atoms with Crippen molar-refractivity contribution in [2.24, 2.45) is 11.0 Å². The smallest absolute Gasteiger partial charge is 0.253 e. The summed E-state index contributed by atoms with van der Waals surface area (Å²) in [5.74, 6) is -1.97. The van der Waals surface area contributed by atoms with E-state index in [9.17, 15) is 14.4 Å². The van der Waals surface area contributed by atoms with Gasteiger partial charge in [0, 0.05) is 25.1 Å². The molecule has 0 aliphatic carbocycles. The van der Waals surface area contributed by atoms with Crippen LogP contribution in [0, 0.1) is 5.92 Å². The molecular weight excluding hydrogens is 356 g/mol. The van der Waals surface area contributed by atoms with Crippen molar-refractivity contribution in [3.05, 3.63) is 65.7 Å². The number of benzene rings is 2. The van der Waals surface area contributed by atoms with E-state index in [1.165, 1.54) is 6.92 Å².